The molecule has 1 aromatic carbocycles. The first kappa shape index (κ1) is 13.8. The first-order valence-corrected chi connectivity index (χ1v) is 6.43. The monoisotopic (exact) mass is 277 g/mol. The van der Waals surface area contributed by atoms with Crippen molar-refractivity contribution in [2.75, 3.05) is 0 Å². The number of aromatic carboxylic acids is 1. The van der Waals surface area contributed by atoms with Gasteiger partial charge in [-0.2, -0.15) is 0 Å². The van der Waals surface area contributed by atoms with Gasteiger partial charge in [0.2, 0.25) is 0 Å². The number of carbonyl (C=O) groups is 1. The Labute approximate surface area is 117 Å². The summed E-state index contributed by atoms with van der Waals surface area (Å²) in [5.74, 6) is -0.981. The van der Waals surface area contributed by atoms with Crippen molar-refractivity contribution in [1.82, 2.24) is 4.98 Å². The van der Waals surface area contributed by atoms with E-state index in [1.54, 1.807) is 12.1 Å². The number of aromatic nitrogens is 1. The number of halogens is 1. The van der Waals surface area contributed by atoms with Crippen molar-refractivity contribution < 1.29 is 9.90 Å². The molecule has 0 aliphatic heterocycles. The molecule has 1 heterocycles. The van der Waals surface area contributed by atoms with Crippen LogP contribution < -0.4 is 0 Å². The SMILES string of the molecule is Cc1ccc(Cl)c2c(C(=O)O)cc(C(C)(C)C)nc12. The fourth-order valence-electron chi connectivity index (χ4n) is 1.99. The van der Waals surface area contributed by atoms with Crippen LogP contribution in [0.3, 0.4) is 0 Å². The fraction of sp³-hybridized carbons (Fsp3) is 0.333. The molecule has 4 heteroatoms. The van der Waals surface area contributed by atoms with E-state index in [0.29, 0.717) is 15.9 Å². The molecule has 0 unspecified atom stereocenters. The Morgan fingerprint density at radius 2 is 1.95 bits per heavy atom. The lowest BCUT2D eigenvalue weighted by molar-refractivity contribution is 0.0699. The number of hydrogen-bond acceptors (Lipinski definition) is 2. The Morgan fingerprint density at radius 3 is 2.47 bits per heavy atom. The van der Waals surface area contributed by atoms with E-state index >= 15 is 0 Å². The first-order chi connectivity index (χ1) is 8.71. The van der Waals surface area contributed by atoms with Gasteiger partial charge in [-0.25, -0.2) is 4.79 Å². The van der Waals surface area contributed by atoms with E-state index < -0.39 is 5.97 Å². The number of carboxylic acids is 1. The zero-order valence-electron chi connectivity index (χ0n) is 11.4. The largest absolute Gasteiger partial charge is 0.478 e. The quantitative estimate of drug-likeness (QED) is 0.850. The molecular weight excluding hydrogens is 262 g/mol. The molecule has 0 saturated carbocycles. The van der Waals surface area contributed by atoms with Crippen molar-refractivity contribution >= 4 is 28.5 Å². The standard InChI is InChI=1S/C15H16ClNO2/c1-8-5-6-10(16)12-9(14(18)19)7-11(15(2,3)4)17-13(8)12/h5-7H,1-4H3,(H,18,19). The topological polar surface area (TPSA) is 50.2 Å². The molecule has 0 amide bonds. The third-order valence-electron chi connectivity index (χ3n) is 3.11. The van der Waals surface area contributed by atoms with E-state index in [9.17, 15) is 9.90 Å². The molecule has 0 aliphatic carbocycles. The number of rotatable bonds is 1. The highest BCUT2D eigenvalue weighted by molar-refractivity contribution is 6.36. The second-order valence-electron chi connectivity index (χ2n) is 5.70. The molecule has 0 radical (unpaired) electrons. The summed E-state index contributed by atoms with van der Waals surface area (Å²) in [5.41, 5.74) is 2.34. The van der Waals surface area contributed by atoms with Gasteiger partial charge in [0.15, 0.2) is 0 Å². The van der Waals surface area contributed by atoms with Gasteiger partial charge in [0.05, 0.1) is 16.1 Å². The van der Waals surface area contributed by atoms with Gasteiger partial charge in [0.25, 0.3) is 0 Å². The predicted octanol–water partition coefficient (Wildman–Crippen LogP) is 4.19. The van der Waals surface area contributed by atoms with Gasteiger partial charge in [-0.15, -0.1) is 0 Å². The first-order valence-electron chi connectivity index (χ1n) is 6.05. The number of benzene rings is 1. The van der Waals surface area contributed by atoms with Crippen LogP contribution in [-0.2, 0) is 5.41 Å². The van der Waals surface area contributed by atoms with Crippen molar-refractivity contribution in [2.24, 2.45) is 0 Å². The lowest BCUT2D eigenvalue weighted by atomic mass is 9.89. The van der Waals surface area contributed by atoms with Crippen molar-refractivity contribution in [1.29, 1.82) is 0 Å². The van der Waals surface area contributed by atoms with Gasteiger partial charge in [-0.3, -0.25) is 4.98 Å². The summed E-state index contributed by atoms with van der Waals surface area (Å²) in [7, 11) is 0. The van der Waals surface area contributed by atoms with Gasteiger partial charge in [0.1, 0.15) is 0 Å². The molecule has 0 spiro atoms. The molecule has 0 atom stereocenters. The minimum Gasteiger partial charge on any atom is -0.478 e. The van der Waals surface area contributed by atoms with Crippen molar-refractivity contribution in [2.45, 2.75) is 33.1 Å². The van der Waals surface area contributed by atoms with E-state index in [2.05, 4.69) is 4.98 Å². The Balaban J connectivity index is 2.96. The lowest BCUT2D eigenvalue weighted by Gasteiger charge is -2.20. The summed E-state index contributed by atoms with van der Waals surface area (Å²) in [5, 5.41) is 10.3. The van der Waals surface area contributed by atoms with Crippen molar-refractivity contribution in [3.63, 3.8) is 0 Å². The number of hydrogen-bond donors (Lipinski definition) is 1. The van der Waals surface area contributed by atoms with Crippen molar-refractivity contribution in [3.8, 4) is 0 Å². The van der Waals surface area contributed by atoms with Crippen LogP contribution in [-0.4, -0.2) is 16.1 Å². The number of pyridine rings is 1. The van der Waals surface area contributed by atoms with Gasteiger partial charge in [-0.05, 0) is 24.6 Å². The minimum absolute atomic E-state index is 0.212. The third-order valence-corrected chi connectivity index (χ3v) is 3.43. The number of aryl methyl sites for hydroxylation is 1. The normalized spacial score (nSPS) is 11.8. The second kappa shape index (κ2) is 4.49. The van der Waals surface area contributed by atoms with Gasteiger partial charge < -0.3 is 5.11 Å². The molecule has 0 fully saturated rings. The number of fused-ring (bicyclic) bond motifs is 1. The van der Waals surface area contributed by atoms with Crippen LogP contribution in [0.25, 0.3) is 10.9 Å². The van der Waals surface area contributed by atoms with E-state index in [4.69, 9.17) is 11.6 Å². The van der Waals surface area contributed by atoms with Gasteiger partial charge in [-0.1, -0.05) is 38.4 Å². The molecule has 1 N–H and O–H groups in total. The summed E-state index contributed by atoms with van der Waals surface area (Å²) in [4.78, 5) is 16.1. The van der Waals surface area contributed by atoms with E-state index in [0.717, 1.165) is 11.3 Å². The molecular formula is C15H16ClNO2. The van der Waals surface area contributed by atoms with E-state index in [1.165, 1.54) is 0 Å². The maximum Gasteiger partial charge on any atom is 0.336 e. The highest BCUT2D eigenvalue weighted by atomic mass is 35.5. The summed E-state index contributed by atoms with van der Waals surface area (Å²) in [6, 6.07) is 5.19. The Hall–Kier alpha value is -1.61. The molecule has 3 nitrogen and oxygen atoms in total. The Kier molecular flexibility index (Phi) is 3.27. The maximum atomic E-state index is 11.5. The minimum atomic E-state index is -0.981. The van der Waals surface area contributed by atoms with Crippen LogP contribution in [0.2, 0.25) is 5.02 Å². The molecule has 2 rings (SSSR count). The zero-order valence-corrected chi connectivity index (χ0v) is 12.2. The van der Waals surface area contributed by atoms with Crippen LogP contribution in [0, 0.1) is 6.92 Å². The summed E-state index contributed by atoms with van der Waals surface area (Å²) >= 11 is 6.14. The van der Waals surface area contributed by atoms with E-state index in [-0.39, 0.29) is 11.0 Å². The van der Waals surface area contributed by atoms with Crippen LogP contribution >= 0.6 is 11.6 Å². The molecule has 0 aliphatic rings. The highest BCUT2D eigenvalue weighted by Gasteiger charge is 2.22. The van der Waals surface area contributed by atoms with Crippen LogP contribution in [0.4, 0.5) is 0 Å². The van der Waals surface area contributed by atoms with Gasteiger partial charge >= 0.3 is 5.97 Å². The molecule has 1 aromatic heterocycles. The molecule has 2 aromatic rings. The maximum absolute atomic E-state index is 11.5. The van der Waals surface area contributed by atoms with Crippen LogP contribution in [0.1, 0.15) is 42.4 Å². The van der Waals surface area contributed by atoms with Gasteiger partial charge in [0, 0.05) is 16.5 Å². The average molecular weight is 278 g/mol. The zero-order chi connectivity index (χ0) is 14.4. The Bertz CT molecular complexity index is 672. The molecule has 0 saturated heterocycles. The lowest BCUT2D eigenvalue weighted by Crippen LogP contribution is -2.15. The third kappa shape index (κ3) is 2.43. The average Bonchev–Trinajstić information content (AvgIpc) is 2.31. The second-order valence-corrected chi connectivity index (χ2v) is 6.11. The van der Waals surface area contributed by atoms with E-state index in [1.807, 2.05) is 33.8 Å². The summed E-state index contributed by atoms with van der Waals surface area (Å²) in [6.07, 6.45) is 0. The van der Waals surface area contributed by atoms with Crippen LogP contribution in [0.5, 0.6) is 0 Å². The number of carboxylic acid groups (broad SMARTS) is 1. The Morgan fingerprint density at radius 1 is 1.32 bits per heavy atom. The summed E-state index contributed by atoms with van der Waals surface area (Å²) < 4.78 is 0. The highest BCUT2D eigenvalue weighted by Crippen LogP contribution is 2.32. The van der Waals surface area contributed by atoms with Crippen molar-refractivity contribution in [3.05, 3.63) is 40.0 Å². The number of nitrogens with zero attached hydrogens (tertiary/aromatic N) is 1. The fourth-order valence-corrected chi connectivity index (χ4v) is 2.24. The molecule has 0 bridgehead atoms. The molecule has 19 heavy (non-hydrogen) atoms. The predicted molar refractivity (Wildman–Crippen MR) is 77.1 cm³/mol. The summed E-state index contributed by atoms with van der Waals surface area (Å²) in [6.45, 7) is 7.93. The smallest absolute Gasteiger partial charge is 0.336 e. The molecule has 100 valence electrons. The van der Waals surface area contributed by atoms with Crippen LogP contribution in [0.15, 0.2) is 18.2 Å².